The minimum absolute atomic E-state index is 0.0598. The molecular formula is C14H14Br2N2O. The molecule has 1 aliphatic rings. The first-order valence-corrected chi connectivity index (χ1v) is 7.84. The summed E-state index contributed by atoms with van der Waals surface area (Å²) in [5.41, 5.74) is 0.614. The monoisotopic (exact) mass is 384 g/mol. The lowest BCUT2D eigenvalue weighted by molar-refractivity contribution is 0.0709. The molecule has 1 fully saturated rings. The Labute approximate surface area is 129 Å². The topological polar surface area (TPSA) is 44.1 Å². The van der Waals surface area contributed by atoms with Crippen LogP contribution in [0.3, 0.4) is 0 Å². The molecule has 5 heteroatoms. The number of nitriles is 1. The summed E-state index contributed by atoms with van der Waals surface area (Å²) in [5, 5.41) is 8.94. The largest absolute Gasteiger partial charge is 0.322 e. The van der Waals surface area contributed by atoms with Crippen LogP contribution < -0.4 is 0 Å². The van der Waals surface area contributed by atoms with Gasteiger partial charge in [0.25, 0.3) is 5.91 Å². The lowest BCUT2D eigenvalue weighted by Gasteiger charge is -2.26. The average Bonchev–Trinajstić information content (AvgIpc) is 2.87. The summed E-state index contributed by atoms with van der Waals surface area (Å²) in [7, 11) is 0. The van der Waals surface area contributed by atoms with Crippen LogP contribution in [0.1, 0.15) is 36.0 Å². The SMILES string of the molecule is N#CCN(C(=O)c1cc(Br)cc(Br)c1)C1CCCC1. The molecule has 0 saturated heterocycles. The summed E-state index contributed by atoms with van der Waals surface area (Å²) in [4.78, 5) is 14.3. The summed E-state index contributed by atoms with van der Waals surface area (Å²) in [6, 6.07) is 7.81. The fourth-order valence-electron chi connectivity index (χ4n) is 2.50. The number of halogens is 2. The standard InChI is InChI=1S/C14H14Br2N2O/c15-11-7-10(8-12(16)9-11)14(19)18(6-5-17)13-3-1-2-4-13/h7-9,13H,1-4,6H2. The minimum Gasteiger partial charge on any atom is -0.322 e. The average molecular weight is 386 g/mol. The summed E-state index contributed by atoms with van der Waals surface area (Å²) < 4.78 is 1.71. The fourth-order valence-corrected chi connectivity index (χ4v) is 3.80. The van der Waals surface area contributed by atoms with Crippen molar-refractivity contribution in [2.75, 3.05) is 6.54 Å². The second-order valence-corrected chi connectivity index (χ2v) is 6.52. The molecule has 1 aromatic rings. The van der Waals surface area contributed by atoms with E-state index >= 15 is 0 Å². The van der Waals surface area contributed by atoms with E-state index in [0.717, 1.165) is 34.6 Å². The Balaban J connectivity index is 2.25. The van der Waals surface area contributed by atoms with Gasteiger partial charge in [-0.15, -0.1) is 0 Å². The van der Waals surface area contributed by atoms with Crippen LogP contribution in [0.4, 0.5) is 0 Å². The fraction of sp³-hybridized carbons (Fsp3) is 0.429. The van der Waals surface area contributed by atoms with Crippen LogP contribution in [-0.2, 0) is 0 Å². The van der Waals surface area contributed by atoms with Gasteiger partial charge in [-0.2, -0.15) is 5.26 Å². The number of hydrogen-bond acceptors (Lipinski definition) is 2. The number of carbonyl (C=O) groups excluding carboxylic acids is 1. The first kappa shape index (κ1) is 14.5. The number of nitrogens with zero attached hydrogens (tertiary/aromatic N) is 2. The summed E-state index contributed by atoms with van der Waals surface area (Å²) in [6.07, 6.45) is 4.29. The maximum absolute atomic E-state index is 12.6. The highest BCUT2D eigenvalue weighted by molar-refractivity contribution is 9.11. The van der Waals surface area contributed by atoms with Crippen molar-refractivity contribution in [2.24, 2.45) is 0 Å². The van der Waals surface area contributed by atoms with E-state index in [1.165, 1.54) is 0 Å². The van der Waals surface area contributed by atoms with Crippen molar-refractivity contribution in [3.05, 3.63) is 32.7 Å². The Kier molecular flexibility index (Phi) is 5.00. The molecule has 19 heavy (non-hydrogen) atoms. The van der Waals surface area contributed by atoms with Gasteiger partial charge in [0.15, 0.2) is 0 Å². The van der Waals surface area contributed by atoms with E-state index in [0.29, 0.717) is 5.56 Å². The molecule has 1 aromatic carbocycles. The number of rotatable bonds is 3. The highest BCUT2D eigenvalue weighted by Crippen LogP contribution is 2.26. The van der Waals surface area contributed by atoms with Crippen molar-refractivity contribution in [2.45, 2.75) is 31.7 Å². The van der Waals surface area contributed by atoms with Gasteiger partial charge in [0.2, 0.25) is 0 Å². The summed E-state index contributed by atoms with van der Waals surface area (Å²) >= 11 is 6.77. The normalized spacial score (nSPS) is 15.2. The van der Waals surface area contributed by atoms with Gasteiger partial charge in [0, 0.05) is 20.6 Å². The van der Waals surface area contributed by atoms with Crippen molar-refractivity contribution in [1.82, 2.24) is 4.90 Å². The van der Waals surface area contributed by atoms with E-state index in [2.05, 4.69) is 37.9 Å². The lowest BCUT2D eigenvalue weighted by atomic mass is 10.1. The predicted octanol–water partition coefficient (Wildman–Crippen LogP) is 4.12. The van der Waals surface area contributed by atoms with Crippen molar-refractivity contribution in [3.8, 4) is 6.07 Å². The van der Waals surface area contributed by atoms with Gasteiger partial charge in [-0.1, -0.05) is 44.7 Å². The van der Waals surface area contributed by atoms with Crippen LogP contribution >= 0.6 is 31.9 Å². The maximum Gasteiger partial charge on any atom is 0.255 e. The van der Waals surface area contributed by atoms with Gasteiger partial charge in [0.1, 0.15) is 6.54 Å². The van der Waals surface area contributed by atoms with Gasteiger partial charge < -0.3 is 4.90 Å². The van der Waals surface area contributed by atoms with Gasteiger partial charge in [-0.25, -0.2) is 0 Å². The molecule has 100 valence electrons. The van der Waals surface area contributed by atoms with Crippen molar-refractivity contribution in [1.29, 1.82) is 5.26 Å². The number of hydrogen-bond donors (Lipinski definition) is 0. The lowest BCUT2D eigenvalue weighted by Crippen LogP contribution is -2.39. The molecular weight excluding hydrogens is 372 g/mol. The molecule has 1 saturated carbocycles. The van der Waals surface area contributed by atoms with E-state index in [9.17, 15) is 4.79 Å². The van der Waals surface area contributed by atoms with Crippen molar-refractivity contribution < 1.29 is 4.79 Å². The molecule has 1 aliphatic carbocycles. The Morgan fingerprint density at radius 3 is 2.37 bits per heavy atom. The molecule has 0 spiro atoms. The van der Waals surface area contributed by atoms with Gasteiger partial charge in [-0.05, 0) is 31.0 Å². The predicted molar refractivity (Wildman–Crippen MR) is 80.7 cm³/mol. The van der Waals surface area contributed by atoms with E-state index in [-0.39, 0.29) is 18.5 Å². The second kappa shape index (κ2) is 6.53. The first-order valence-electron chi connectivity index (χ1n) is 6.26. The summed E-state index contributed by atoms with van der Waals surface area (Å²) in [6.45, 7) is 0.160. The molecule has 0 bridgehead atoms. The molecule has 0 aliphatic heterocycles. The zero-order valence-corrected chi connectivity index (χ0v) is 13.6. The third-order valence-electron chi connectivity index (χ3n) is 3.38. The van der Waals surface area contributed by atoms with E-state index in [1.807, 2.05) is 6.07 Å². The molecule has 2 rings (SSSR count). The van der Waals surface area contributed by atoms with Crippen LogP contribution in [-0.4, -0.2) is 23.4 Å². The Morgan fingerprint density at radius 1 is 1.26 bits per heavy atom. The van der Waals surface area contributed by atoms with Gasteiger partial charge in [-0.3, -0.25) is 4.79 Å². The molecule has 0 N–H and O–H groups in total. The highest BCUT2D eigenvalue weighted by atomic mass is 79.9. The molecule has 0 heterocycles. The van der Waals surface area contributed by atoms with Crippen LogP contribution in [0, 0.1) is 11.3 Å². The smallest absolute Gasteiger partial charge is 0.255 e. The molecule has 1 amide bonds. The third kappa shape index (κ3) is 3.58. The van der Waals surface area contributed by atoms with Crippen LogP contribution in [0.25, 0.3) is 0 Å². The summed E-state index contributed by atoms with van der Waals surface area (Å²) in [5.74, 6) is -0.0598. The zero-order chi connectivity index (χ0) is 13.8. The second-order valence-electron chi connectivity index (χ2n) is 4.69. The highest BCUT2D eigenvalue weighted by Gasteiger charge is 2.27. The Morgan fingerprint density at radius 2 is 1.84 bits per heavy atom. The Hall–Kier alpha value is -0.860. The van der Waals surface area contributed by atoms with E-state index in [1.54, 1.807) is 17.0 Å². The molecule has 0 unspecified atom stereocenters. The third-order valence-corrected chi connectivity index (χ3v) is 4.29. The van der Waals surface area contributed by atoms with Gasteiger partial charge in [0.05, 0.1) is 6.07 Å². The minimum atomic E-state index is -0.0598. The molecule has 0 radical (unpaired) electrons. The van der Waals surface area contributed by atoms with E-state index in [4.69, 9.17) is 5.26 Å². The van der Waals surface area contributed by atoms with Crippen molar-refractivity contribution in [3.63, 3.8) is 0 Å². The number of carbonyl (C=O) groups is 1. The zero-order valence-electron chi connectivity index (χ0n) is 10.4. The number of benzene rings is 1. The van der Waals surface area contributed by atoms with Crippen LogP contribution in [0.5, 0.6) is 0 Å². The molecule has 3 nitrogen and oxygen atoms in total. The quantitative estimate of drug-likeness (QED) is 0.734. The Bertz CT molecular complexity index is 498. The van der Waals surface area contributed by atoms with Gasteiger partial charge >= 0.3 is 0 Å². The maximum atomic E-state index is 12.6. The first-order chi connectivity index (χ1) is 9.11. The van der Waals surface area contributed by atoms with Crippen molar-refractivity contribution >= 4 is 37.8 Å². The van der Waals surface area contributed by atoms with E-state index < -0.39 is 0 Å². The van der Waals surface area contributed by atoms with Crippen LogP contribution in [0.15, 0.2) is 27.1 Å². The molecule has 0 atom stereocenters. The molecule has 0 aromatic heterocycles. The van der Waals surface area contributed by atoms with Crippen LogP contribution in [0.2, 0.25) is 0 Å². The number of amides is 1.